The smallest absolute Gasteiger partial charge is 0.430 e. The first-order valence-corrected chi connectivity index (χ1v) is 6.79. The molecule has 7 nitrogen and oxygen atoms in total. The van der Waals surface area contributed by atoms with E-state index >= 15 is 0 Å². The van der Waals surface area contributed by atoms with Gasteiger partial charge in [-0.2, -0.15) is 13.2 Å². The van der Waals surface area contributed by atoms with Gasteiger partial charge in [0, 0.05) is 19.4 Å². The second-order valence-corrected chi connectivity index (χ2v) is 5.09. The summed E-state index contributed by atoms with van der Waals surface area (Å²) < 4.78 is 31.5. The van der Waals surface area contributed by atoms with E-state index in [9.17, 15) is 22.8 Å². The molecule has 126 valence electrons. The van der Waals surface area contributed by atoms with Gasteiger partial charge in [0.25, 0.3) is 5.91 Å². The number of carbonyl (C=O) groups excluding carboxylic acids is 2. The van der Waals surface area contributed by atoms with E-state index in [1.807, 2.05) is 5.32 Å². The van der Waals surface area contributed by atoms with Gasteiger partial charge < -0.3 is 25.2 Å². The molecular formula is C12H17F3N2O5. The number of carboxylic acids is 2. The lowest BCUT2D eigenvalue weighted by Gasteiger charge is -2.22. The number of amides is 1. The van der Waals surface area contributed by atoms with Crippen LogP contribution in [0.1, 0.15) is 25.7 Å². The maximum Gasteiger partial charge on any atom is 0.430 e. The number of nitrogens with two attached hydrogens (primary N) is 1. The van der Waals surface area contributed by atoms with Crippen molar-refractivity contribution < 1.29 is 43.1 Å². The van der Waals surface area contributed by atoms with Gasteiger partial charge in [0.1, 0.15) is 12.0 Å². The molecule has 0 aromatic carbocycles. The Morgan fingerprint density at radius 2 is 1.77 bits per heavy atom. The molecule has 2 aliphatic rings. The van der Waals surface area contributed by atoms with E-state index in [0.717, 1.165) is 25.8 Å². The summed E-state index contributed by atoms with van der Waals surface area (Å²) in [6.07, 6.45) is -1.83. The first-order chi connectivity index (χ1) is 10.1. The van der Waals surface area contributed by atoms with Gasteiger partial charge in [-0.1, -0.05) is 0 Å². The Balaban J connectivity index is 0.000000295. The Morgan fingerprint density at radius 3 is 2.18 bits per heavy atom. The van der Waals surface area contributed by atoms with Crippen LogP contribution in [0.25, 0.3) is 0 Å². The molecule has 22 heavy (non-hydrogen) atoms. The average Bonchev–Trinajstić information content (AvgIpc) is 3.09. The van der Waals surface area contributed by atoms with Crippen molar-refractivity contribution in [2.24, 2.45) is 0 Å². The Kier molecular flexibility index (Phi) is 6.15. The van der Waals surface area contributed by atoms with E-state index < -0.39 is 24.2 Å². The Labute approximate surface area is 124 Å². The number of likely N-dealkylation sites (tertiary alicyclic amines) is 1. The molecule has 3 N–H and O–H groups in total. The Bertz CT molecular complexity index is 435. The van der Waals surface area contributed by atoms with Crippen LogP contribution < -0.4 is 10.4 Å². The molecular weight excluding hydrogens is 309 g/mol. The summed E-state index contributed by atoms with van der Waals surface area (Å²) in [4.78, 5) is 33.3. The standard InChI is InChI=1S/C10H16N2O3.C2HF3O2/c13-9(7-3-1-5-11-7)12-6-2-4-8(12)10(14)15;3-2(4,5)1(6)7/h7-8,11H,1-6H2,(H,14,15);(H,6,7)/t7-,8-;/m0./s1. The van der Waals surface area contributed by atoms with E-state index in [0.29, 0.717) is 13.0 Å². The molecule has 2 rings (SSSR count). The van der Waals surface area contributed by atoms with Crippen molar-refractivity contribution in [1.29, 1.82) is 0 Å². The first kappa shape index (κ1) is 18.2. The van der Waals surface area contributed by atoms with Crippen molar-refractivity contribution in [2.75, 3.05) is 13.1 Å². The van der Waals surface area contributed by atoms with Crippen LogP contribution in [0.2, 0.25) is 0 Å². The van der Waals surface area contributed by atoms with Gasteiger partial charge in [-0.05, 0) is 12.8 Å². The fraction of sp³-hybridized carbons (Fsp3) is 0.750. The zero-order valence-electron chi connectivity index (χ0n) is 11.6. The summed E-state index contributed by atoms with van der Waals surface area (Å²) in [7, 11) is 0. The molecule has 2 saturated heterocycles. The van der Waals surface area contributed by atoms with Crippen molar-refractivity contribution in [3.05, 3.63) is 0 Å². The number of carbonyl (C=O) groups is 3. The lowest BCUT2D eigenvalue weighted by Crippen LogP contribution is -2.89. The minimum atomic E-state index is -5.19. The molecule has 0 saturated carbocycles. The molecule has 0 radical (unpaired) electrons. The van der Waals surface area contributed by atoms with Gasteiger partial charge in [0.05, 0.1) is 6.54 Å². The minimum absolute atomic E-state index is 0.0232. The number of hydrogen-bond donors (Lipinski definition) is 2. The molecule has 10 heteroatoms. The van der Waals surface area contributed by atoms with Gasteiger partial charge >= 0.3 is 12.1 Å². The van der Waals surface area contributed by atoms with E-state index in [2.05, 4.69) is 0 Å². The third-order valence-corrected chi connectivity index (χ3v) is 3.54. The highest BCUT2D eigenvalue weighted by Gasteiger charge is 2.39. The summed E-state index contributed by atoms with van der Waals surface area (Å²) in [6.45, 7) is 1.60. The third kappa shape index (κ3) is 4.86. The quantitative estimate of drug-likeness (QED) is 0.614. The maximum absolute atomic E-state index is 12.0. The van der Waals surface area contributed by atoms with Gasteiger partial charge in [-0.3, -0.25) is 4.79 Å². The van der Waals surface area contributed by atoms with Crippen LogP contribution in [0.4, 0.5) is 13.2 Å². The van der Waals surface area contributed by atoms with Gasteiger partial charge in [-0.25, -0.2) is 4.79 Å². The number of aliphatic carboxylic acids is 2. The van der Waals surface area contributed by atoms with Crippen molar-refractivity contribution >= 4 is 17.8 Å². The largest absolute Gasteiger partial charge is 0.542 e. The topological polar surface area (TPSA) is 114 Å². The van der Waals surface area contributed by atoms with Gasteiger partial charge in [0.2, 0.25) is 0 Å². The number of halogens is 3. The van der Waals surface area contributed by atoms with Gasteiger partial charge in [0.15, 0.2) is 6.04 Å². The minimum Gasteiger partial charge on any atom is -0.542 e. The van der Waals surface area contributed by atoms with Crippen LogP contribution in [0, 0.1) is 0 Å². The molecule has 0 spiro atoms. The number of hydrogen-bond acceptors (Lipinski definition) is 4. The van der Waals surface area contributed by atoms with Crippen LogP contribution in [0.15, 0.2) is 0 Å². The first-order valence-electron chi connectivity index (χ1n) is 6.79. The summed E-state index contributed by atoms with van der Waals surface area (Å²) in [5, 5.41) is 19.8. The molecule has 0 aromatic rings. The Morgan fingerprint density at radius 1 is 1.18 bits per heavy atom. The molecule has 0 bridgehead atoms. The number of nitrogens with zero attached hydrogens (tertiary/aromatic N) is 1. The van der Waals surface area contributed by atoms with Crippen molar-refractivity contribution in [1.82, 2.24) is 4.90 Å². The Hall–Kier alpha value is -1.84. The van der Waals surface area contributed by atoms with Crippen molar-refractivity contribution in [3.8, 4) is 0 Å². The third-order valence-electron chi connectivity index (χ3n) is 3.54. The monoisotopic (exact) mass is 326 g/mol. The van der Waals surface area contributed by atoms with Crippen LogP contribution >= 0.6 is 0 Å². The lowest BCUT2D eigenvalue weighted by atomic mass is 10.1. The van der Waals surface area contributed by atoms with E-state index in [1.165, 1.54) is 0 Å². The predicted molar refractivity (Wildman–Crippen MR) is 63.2 cm³/mol. The van der Waals surface area contributed by atoms with Crippen molar-refractivity contribution in [2.45, 2.75) is 43.9 Å². The van der Waals surface area contributed by atoms with Crippen LogP contribution in [0.5, 0.6) is 0 Å². The number of rotatable bonds is 2. The second kappa shape index (κ2) is 7.43. The highest BCUT2D eigenvalue weighted by Crippen LogP contribution is 2.19. The van der Waals surface area contributed by atoms with E-state index in [1.54, 1.807) is 4.90 Å². The molecule has 2 fully saturated rings. The van der Waals surface area contributed by atoms with Crippen LogP contribution in [-0.4, -0.2) is 59.2 Å². The lowest BCUT2D eigenvalue weighted by molar-refractivity contribution is -0.658. The van der Waals surface area contributed by atoms with Crippen LogP contribution in [-0.2, 0) is 14.4 Å². The number of alkyl halides is 3. The molecule has 2 heterocycles. The molecule has 1 amide bonds. The van der Waals surface area contributed by atoms with Gasteiger partial charge in [-0.15, -0.1) is 0 Å². The van der Waals surface area contributed by atoms with E-state index in [-0.39, 0.29) is 11.9 Å². The highest BCUT2D eigenvalue weighted by molar-refractivity contribution is 5.86. The fourth-order valence-corrected chi connectivity index (χ4v) is 2.50. The van der Waals surface area contributed by atoms with Crippen LogP contribution in [0.3, 0.4) is 0 Å². The van der Waals surface area contributed by atoms with Crippen molar-refractivity contribution in [3.63, 3.8) is 0 Å². The highest BCUT2D eigenvalue weighted by atomic mass is 19.4. The zero-order valence-corrected chi connectivity index (χ0v) is 11.6. The summed E-state index contributed by atoms with van der Waals surface area (Å²) in [6, 6.07) is -0.601. The second-order valence-electron chi connectivity index (χ2n) is 5.09. The predicted octanol–water partition coefficient (Wildman–Crippen LogP) is -1.91. The fourth-order valence-electron chi connectivity index (χ4n) is 2.50. The average molecular weight is 326 g/mol. The summed E-state index contributed by atoms with van der Waals surface area (Å²) >= 11 is 0. The van der Waals surface area contributed by atoms with E-state index in [4.69, 9.17) is 15.0 Å². The number of quaternary nitrogens is 1. The molecule has 0 aromatic heterocycles. The molecule has 0 unspecified atom stereocenters. The normalized spacial score (nSPS) is 24.6. The maximum atomic E-state index is 12.0. The molecule has 2 aliphatic heterocycles. The molecule has 2 atom stereocenters. The number of carboxylic acid groups (broad SMARTS) is 2. The summed E-state index contributed by atoms with van der Waals surface area (Å²) in [5.74, 6) is -3.84. The SMILES string of the molecule is O=C(O)[C@@H]1CCCN1C(=O)[C@@H]1CCC[NH2+]1.O=C([O-])C(F)(F)F. The summed E-state index contributed by atoms with van der Waals surface area (Å²) in [5.41, 5.74) is 0. The molecule has 0 aliphatic carbocycles. The zero-order chi connectivity index (χ0) is 16.9.